The molecule has 1 atom stereocenters. The minimum absolute atomic E-state index is 0.142. The highest BCUT2D eigenvalue weighted by atomic mass is 16.6. The number of ether oxygens (including phenoxy) is 3. The van der Waals surface area contributed by atoms with Gasteiger partial charge in [0, 0.05) is 6.92 Å². The van der Waals surface area contributed by atoms with E-state index in [1.54, 1.807) is 32.9 Å². The molecular weight excluding hydrogens is 264 g/mol. The summed E-state index contributed by atoms with van der Waals surface area (Å²) >= 11 is 0. The fourth-order valence-electron chi connectivity index (χ4n) is 1.48. The zero-order valence-electron chi connectivity index (χ0n) is 12.4. The Kier molecular flexibility index (Phi) is 9.07. The maximum Gasteiger partial charge on any atom is 0.320 e. The van der Waals surface area contributed by atoms with Gasteiger partial charge in [0.1, 0.15) is 6.10 Å². The van der Waals surface area contributed by atoms with E-state index in [9.17, 15) is 14.4 Å². The van der Waals surface area contributed by atoms with Crippen LogP contribution in [0.3, 0.4) is 0 Å². The van der Waals surface area contributed by atoms with Crippen LogP contribution in [0.25, 0.3) is 0 Å². The van der Waals surface area contributed by atoms with E-state index in [-0.39, 0.29) is 19.6 Å². The van der Waals surface area contributed by atoms with Crippen LogP contribution in [0.2, 0.25) is 0 Å². The summed E-state index contributed by atoms with van der Waals surface area (Å²) in [6.45, 7) is 6.72. The second-order valence-electron chi connectivity index (χ2n) is 4.04. The number of allylic oxidation sites excluding steroid dienone is 1. The van der Waals surface area contributed by atoms with Crippen molar-refractivity contribution in [1.29, 1.82) is 0 Å². The number of hydrogen-bond donors (Lipinski definition) is 0. The van der Waals surface area contributed by atoms with Gasteiger partial charge in [0.2, 0.25) is 0 Å². The van der Waals surface area contributed by atoms with Gasteiger partial charge >= 0.3 is 17.9 Å². The molecule has 0 amide bonds. The molecule has 0 bridgehead atoms. The maximum atomic E-state index is 11.7. The van der Waals surface area contributed by atoms with Crippen molar-refractivity contribution in [2.75, 3.05) is 13.2 Å². The maximum absolute atomic E-state index is 11.7. The van der Waals surface area contributed by atoms with E-state index in [4.69, 9.17) is 14.2 Å². The van der Waals surface area contributed by atoms with Gasteiger partial charge in [-0.25, -0.2) is 0 Å². The highest BCUT2D eigenvalue weighted by molar-refractivity contribution is 5.95. The third kappa shape index (κ3) is 7.56. The molecule has 0 aromatic heterocycles. The summed E-state index contributed by atoms with van der Waals surface area (Å²) in [4.78, 5) is 34.1. The minimum Gasteiger partial charge on any atom is -0.465 e. The van der Waals surface area contributed by atoms with Crippen molar-refractivity contribution in [3.63, 3.8) is 0 Å². The largest absolute Gasteiger partial charge is 0.465 e. The summed E-state index contributed by atoms with van der Waals surface area (Å²) in [6, 6.07) is 0. The average Bonchev–Trinajstić information content (AvgIpc) is 2.34. The Morgan fingerprint density at radius 2 is 1.55 bits per heavy atom. The molecule has 0 aliphatic rings. The summed E-state index contributed by atoms with van der Waals surface area (Å²) in [7, 11) is 0. The van der Waals surface area contributed by atoms with Gasteiger partial charge < -0.3 is 14.2 Å². The van der Waals surface area contributed by atoms with Gasteiger partial charge in [-0.1, -0.05) is 6.08 Å². The van der Waals surface area contributed by atoms with E-state index in [0.717, 1.165) is 0 Å². The molecule has 0 radical (unpaired) electrons. The van der Waals surface area contributed by atoms with Crippen LogP contribution in [-0.2, 0) is 28.6 Å². The van der Waals surface area contributed by atoms with Gasteiger partial charge in [-0.05, 0) is 33.3 Å². The molecule has 0 fully saturated rings. The Morgan fingerprint density at radius 3 is 1.95 bits per heavy atom. The number of hydrogen-bond acceptors (Lipinski definition) is 6. The molecule has 0 heterocycles. The lowest BCUT2D eigenvalue weighted by Gasteiger charge is -2.13. The van der Waals surface area contributed by atoms with E-state index in [2.05, 4.69) is 0 Å². The molecule has 0 aliphatic heterocycles. The summed E-state index contributed by atoms with van der Waals surface area (Å²) in [5, 5.41) is 0. The summed E-state index contributed by atoms with van der Waals surface area (Å²) in [5.41, 5.74) is 0. The van der Waals surface area contributed by atoms with Crippen LogP contribution in [0.5, 0.6) is 0 Å². The molecule has 0 N–H and O–H groups in total. The quantitative estimate of drug-likeness (QED) is 0.292. The first-order valence-electron chi connectivity index (χ1n) is 6.59. The van der Waals surface area contributed by atoms with E-state index >= 15 is 0 Å². The van der Waals surface area contributed by atoms with E-state index in [0.29, 0.717) is 0 Å². The van der Waals surface area contributed by atoms with Crippen LogP contribution in [0.4, 0.5) is 0 Å². The molecule has 114 valence electrons. The van der Waals surface area contributed by atoms with E-state index < -0.39 is 29.9 Å². The molecular formula is C14H22O6. The summed E-state index contributed by atoms with van der Waals surface area (Å²) < 4.78 is 14.6. The number of esters is 3. The van der Waals surface area contributed by atoms with Crippen LogP contribution in [-0.4, -0.2) is 37.2 Å². The first-order chi connectivity index (χ1) is 9.42. The summed E-state index contributed by atoms with van der Waals surface area (Å²) in [6.07, 6.45) is 2.93. The van der Waals surface area contributed by atoms with Crippen LogP contribution < -0.4 is 0 Å². The average molecular weight is 286 g/mol. The van der Waals surface area contributed by atoms with Crippen LogP contribution in [0.15, 0.2) is 12.2 Å². The first-order valence-corrected chi connectivity index (χ1v) is 6.59. The Hall–Kier alpha value is -1.85. The Bertz CT molecular complexity index is 343. The molecule has 0 aromatic carbocycles. The zero-order chi connectivity index (χ0) is 15.5. The molecule has 6 heteroatoms. The Labute approximate surface area is 119 Å². The first kappa shape index (κ1) is 18.1. The second kappa shape index (κ2) is 10.00. The molecule has 0 saturated heterocycles. The topological polar surface area (TPSA) is 78.9 Å². The molecule has 0 spiro atoms. The van der Waals surface area contributed by atoms with Gasteiger partial charge in [0.05, 0.1) is 13.2 Å². The van der Waals surface area contributed by atoms with Crippen molar-refractivity contribution in [2.24, 2.45) is 5.92 Å². The molecule has 6 nitrogen and oxygen atoms in total. The van der Waals surface area contributed by atoms with Gasteiger partial charge in [-0.15, -0.1) is 0 Å². The lowest BCUT2D eigenvalue weighted by atomic mass is 10.1. The number of carbonyl (C=O) groups excluding carboxylic acids is 3. The standard InChI is InChI=1S/C14H22O6/c1-5-18-13(16)12(14(17)19-6-2)9-7-8-10(3)20-11(4)15/h7-8,10,12H,5-6,9H2,1-4H3/b8-7+/t10-/m0/s1. The predicted molar refractivity (Wildman–Crippen MR) is 71.7 cm³/mol. The lowest BCUT2D eigenvalue weighted by molar-refractivity contribution is -0.161. The zero-order valence-corrected chi connectivity index (χ0v) is 12.4. The van der Waals surface area contributed by atoms with Crippen molar-refractivity contribution in [2.45, 2.75) is 40.2 Å². The van der Waals surface area contributed by atoms with Gasteiger partial charge in [0.25, 0.3) is 0 Å². The number of carbonyl (C=O) groups is 3. The van der Waals surface area contributed by atoms with Crippen molar-refractivity contribution >= 4 is 17.9 Å². The molecule has 20 heavy (non-hydrogen) atoms. The smallest absolute Gasteiger partial charge is 0.320 e. The molecule has 0 saturated carbocycles. The van der Waals surface area contributed by atoms with Crippen LogP contribution in [0.1, 0.15) is 34.1 Å². The van der Waals surface area contributed by atoms with Gasteiger partial charge in [-0.3, -0.25) is 14.4 Å². The van der Waals surface area contributed by atoms with Crippen molar-refractivity contribution in [3.8, 4) is 0 Å². The predicted octanol–water partition coefficient (Wildman–Crippen LogP) is 1.63. The third-order valence-corrected chi connectivity index (χ3v) is 2.27. The van der Waals surface area contributed by atoms with Crippen molar-refractivity contribution in [3.05, 3.63) is 12.2 Å². The monoisotopic (exact) mass is 286 g/mol. The fourth-order valence-corrected chi connectivity index (χ4v) is 1.48. The Morgan fingerprint density at radius 1 is 1.05 bits per heavy atom. The second-order valence-corrected chi connectivity index (χ2v) is 4.04. The molecule has 0 aliphatic carbocycles. The van der Waals surface area contributed by atoms with Crippen molar-refractivity contribution in [1.82, 2.24) is 0 Å². The van der Waals surface area contributed by atoms with Crippen LogP contribution in [0, 0.1) is 5.92 Å². The molecule has 0 unspecified atom stereocenters. The van der Waals surface area contributed by atoms with E-state index in [1.807, 2.05) is 0 Å². The highest BCUT2D eigenvalue weighted by Gasteiger charge is 2.28. The number of rotatable bonds is 8. The Balaban J connectivity index is 4.56. The van der Waals surface area contributed by atoms with Crippen molar-refractivity contribution < 1.29 is 28.6 Å². The highest BCUT2D eigenvalue weighted by Crippen LogP contribution is 2.11. The summed E-state index contributed by atoms with van der Waals surface area (Å²) in [5.74, 6) is -2.61. The van der Waals surface area contributed by atoms with E-state index in [1.165, 1.54) is 6.92 Å². The fraction of sp³-hybridized carbons (Fsp3) is 0.643. The van der Waals surface area contributed by atoms with Crippen LogP contribution >= 0.6 is 0 Å². The third-order valence-electron chi connectivity index (χ3n) is 2.27. The molecule has 0 rings (SSSR count). The SMILES string of the molecule is CCOC(=O)C(C/C=C/[C@H](C)OC(C)=O)C(=O)OCC. The minimum atomic E-state index is -0.990. The van der Waals surface area contributed by atoms with Gasteiger partial charge in [-0.2, -0.15) is 0 Å². The molecule has 0 aromatic rings. The lowest BCUT2D eigenvalue weighted by Crippen LogP contribution is -2.27. The van der Waals surface area contributed by atoms with Gasteiger partial charge in [0.15, 0.2) is 5.92 Å². The normalized spacial score (nSPS) is 12.2.